The summed E-state index contributed by atoms with van der Waals surface area (Å²) in [4.78, 5) is 11.8. The molecule has 4 heteroatoms. The maximum Gasteiger partial charge on any atom is 0.317 e. The molecule has 16 heavy (non-hydrogen) atoms. The van der Waals surface area contributed by atoms with E-state index in [9.17, 15) is 9.18 Å². The van der Waals surface area contributed by atoms with Gasteiger partial charge in [0, 0.05) is 12.1 Å². The Balaban J connectivity index is 3.14. The second-order valence-electron chi connectivity index (χ2n) is 3.74. The second-order valence-corrected chi connectivity index (χ2v) is 3.74. The maximum atomic E-state index is 13.6. The van der Waals surface area contributed by atoms with Crippen molar-refractivity contribution in [2.45, 2.75) is 19.3 Å². The van der Waals surface area contributed by atoms with Crippen molar-refractivity contribution in [3.8, 4) is 0 Å². The zero-order chi connectivity index (χ0) is 12.2. The lowest BCUT2D eigenvalue weighted by Gasteiger charge is -2.26. The summed E-state index contributed by atoms with van der Waals surface area (Å²) >= 11 is 0. The predicted molar refractivity (Wildman–Crippen MR) is 59.4 cm³/mol. The number of ether oxygens (including phenoxy) is 1. The van der Waals surface area contributed by atoms with E-state index in [-0.39, 0.29) is 18.7 Å². The van der Waals surface area contributed by atoms with Crippen LogP contribution in [-0.4, -0.2) is 19.1 Å². The first-order valence-corrected chi connectivity index (χ1v) is 5.18. The van der Waals surface area contributed by atoms with Gasteiger partial charge in [-0.2, -0.15) is 0 Å². The Kier molecular flexibility index (Phi) is 4.01. The van der Waals surface area contributed by atoms with Gasteiger partial charge in [-0.25, -0.2) is 4.39 Å². The second kappa shape index (κ2) is 5.07. The number of esters is 1. The molecule has 0 saturated carbocycles. The van der Waals surface area contributed by atoms with Crippen molar-refractivity contribution in [3.63, 3.8) is 0 Å². The summed E-state index contributed by atoms with van der Waals surface area (Å²) in [6.07, 6.45) is 0. The fourth-order valence-electron chi connectivity index (χ4n) is 1.50. The number of rotatable bonds is 4. The molecule has 0 aromatic heterocycles. The molecule has 2 N–H and O–H groups in total. The van der Waals surface area contributed by atoms with Crippen LogP contribution in [-0.2, 0) is 14.9 Å². The van der Waals surface area contributed by atoms with Gasteiger partial charge in [-0.15, -0.1) is 0 Å². The molecule has 0 fully saturated rings. The zero-order valence-corrected chi connectivity index (χ0v) is 9.50. The van der Waals surface area contributed by atoms with Gasteiger partial charge in [0.1, 0.15) is 11.2 Å². The van der Waals surface area contributed by atoms with Gasteiger partial charge >= 0.3 is 5.97 Å². The van der Waals surface area contributed by atoms with Crippen molar-refractivity contribution in [2.24, 2.45) is 5.73 Å². The number of carbonyl (C=O) groups excluding carboxylic acids is 1. The highest BCUT2D eigenvalue weighted by Gasteiger charge is 2.37. The maximum absolute atomic E-state index is 13.6. The first kappa shape index (κ1) is 12.6. The number of halogens is 1. The molecule has 0 aliphatic heterocycles. The van der Waals surface area contributed by atoms with E-state index in [1.807, 2.05) is 0 Å². The van der Waals surface area contributed by atoms with E-state index in [1.54, 1.807) is 32.0 Å². The highest BCUT2D eigenvalue weighted by Crippen LogP contribution is 2.26. The molecule has 0 saturated heterocycles. The summed E-state index contributed by atoms with van der Waals surface area (Å²) in [7, 11) is 0. The summed E-state index contributed by atoms with van der Waals surface area (Å²) in [6.45, 7) is 3.55. The van der Waals surface area contributed by atoms with E-state index in [1.165, 1.54) is 6.07 Å². The summed E-state index contributed by atoms with van der Waals surface area (Å²) in [6, 6.07) is 6.11. The van der Waals surface area contributed by atoms with E-state index < -0.39 is 17.2 Å². The van der Waals surface area contributed by atoms with Crippen molar-refractivity contribution in [1.29, 1.82) is 0 Å². The molecular formula is C12H16FNO2. The molecule has 0 aliphatic rings. The number of nitrogens with two attached hydrogens (primary N) is 1. The van der Waals surface area contributed by atoms with E-state index >= 15 is 0 Å². The Hall–Kier alpha value is -1.42. The monoisotopic (exact) mass is 225 g/mol. The molecule has 1 rings (SSSR count). The van der Waals surface area contributed by atoms with Gasteiger partial charge in [-0.1, -0.05) is 18.2 Å². The van der Waals surface area contributed by atoms with Crippen LogP contribution < -0.4 is 5.73 Å². The van der Waals surface area contributed by atoms with Crippen LogP contribution in [0.2, 0.25) is 0 Å². The minimum absolute atomic E-state index is 0.00671. The summed E-state index contributed by atoms with van der Waals surface area (Å²) < 4.78 is 18.5. The van der Waals surface area contributed by atoms with Crippen LogP contribution in [0.3, 0.4) is 0 Å². The van der Waals surface area contributed by atoms with E-state index in [0.717, 1.165) is 0 Å². The molecule has 1 aromatic rings. The van der Waals surface area contributed by atoms with Crippen LogP contribution in [0.5, 0.6) is 0 Å². The highest BCUT2D eigenvalue weighted by molar-refractivity contribution is 5.83. The number of hydrogen-bond acceptors (Lipinski definition) is 3. The SMILES string of the molecule is CCOC(=O)C(C)(CN)c1ccccc1F. The molecule has 3 nitrogen and oxygen atoms in total. The van der Waals surface area contributed by atoms with Gasteiger partial charge in [0.05, 0.1) is 6.61 Å². The first-order chi connectivity index (χ1) is 7.56. The lowest BCUT2D eigenvalue weighted by atomic mass is 9.82. The van der Waals surface area contributed by atoms with E-state index in [0.29, 0.717) is 0 Å². The van der Waals surface area contributed by atoms with Crippen LogP contribution in [0.15, 0.2) is 24.3 Å². The van der Waals surface area contributed by atoms with Gasteiger partial charge in [0.15, 0.2) is 0 Å². The standard InChI is InChI=1S/C12H16FNO2/c1-3-16-11(15)12(2,8-14)9-6-4-5-7-10(9)13/h4-7H,3,8,14H2,1-2H3. The molecular weight excluding hydrogens is 209 g/mol. The summed E-state index contributed by atoms with van der Waals surface area (Å²) in [5.41, 5.74) is 4.72. The van der Waals surface area contributed by atoms with Gasteiger partial charge < -0.3 is 10.5 Å². The molecule has 0 amide bonds. The molecule has 1 aromatic carbocycles. The summed E-state index contributed by atoms with van der Waals surface area (Å²) in [5.74, 6) is -0.939. The molecule has 1 unspecified atom stereocenters. The number of benzene rings is 1. The Morgan fingerprint density at radius 1 is 1.50 bits per heavy atom. The van der Waals surface area contributed by atoms with Crippen LogP contribution in [0.4, 0.5) is 4.39 Å². The van der Waals surface area contributed by atoms with E-state index in [4.69, 9.17) is 10.5 Å². The third-order valence-corrected chi connectivity index (χ3v) is 2.60. The van der Waals surface area contributed by atoms with Crippen molar-refractivity contribution in [2.75, 3.05) is 13.2 Å². The van der Waals surface area contributed by atoms with E-state index in [2.05, 4.69) is 0 Å². The molecule has 0 radical (unpaired) electrons. The average molecular weight is 225 g/mol. The van der Waals surface area contributed by atoms with Crippen LogP contribution in [0.1, 0.15) is 19.4 Å². The molecule has 0 bridgehead atoms. The Morgan fingerprint density at radius 2 is 2.12 bits per heavy atom. The Labute approximate surface area is 94.4 Å². The lowest BCUT2D eigenvalue weighted by molar-refractivity contribution is -0.149. The fourth-order valence-corrected chi connectivity index (χ4v) is 1.50. The van der Waals surface area contributed by atoms with Crippen LogP contribution in [0.25, 0.3) is 0 Å². The number of hydrogen-bond donors (Lipinski definition) is 1. The quantitative estimate of drug-likeness (QED) is 0.792. The van der Waals surface area contributed by atoms with Gasteiger partial charge in [0.25, 0.3) is 0 Å². The molecule has 0 heterocycles. The normalized spacial score (nSPS) is 14.2. The van der Waals surface area contributed by atoms with Gasteiger partial charge in [0.2, 0.25) is 0 Å². The van der Waals surface area contributed by atoms with Gasteiger partial charge in [-0.3, -0.25) is 4.79 Å². The molecule has 0 aliphatic carbocycles. The lowest BCUT2D eigenvalue weighted by Crippen LogP contribution is -2.42. The fraction of sp³-hybridized carbons (Fsp3) is 0.417. The largest absolute Gasteiger partial charge is 0.465 e. The van der Waals surface area contributed by atoms with Crippen molar-refractivity contribution in [3.05, 3.63) is 35.6 Å². The third-order valence-electron chi connectivity index (χ3n) is 2.60. The van der Waals surface area contributed by atoms with Gasteiger partial charge in [-0.05, 0) is 19.9 Å². The smallest absolute Gasteiger partial charge is 0.317 e. The van der Waals surface area contributed by atoms with Crippen LogP contribution in [0, 0.1) is 5.82 Å². The molecule has 1 atom stereocenters. The Bertz CT molecular complexity index is 381. The van der Waals surface area contributed by atoms with Crippen molar-refractivity contribution >= 4 is 5.97 Å². The first-order valence-electron chi connectivity index (χ1n) is 5.18. The minimum atomic E-state index is -1.12. The number of carbonyl (C=O) groups is 1. The van der Waals surface area contributed by atoms with Crippen molar-refractivity contribution in [1.82, 2.24) is 0 Å². The summed E-state index contributed by atoms with van der Waals surface area (Å²) in [5, 5.41) is 0. The average Bonchev–Trinajstić information content (AvgIpc) is 2.29. The topological polar surface area (TPSA) is 52.3 Å². The minimum Gasteiger partial charge on any atom is -0.465 e. The van der Waals surface area contributed by atoms with Crippen LogP contribution >= 0.6 is 0 Å². The highest BCUT2D eigenvalue weighted by atomic mass is 19.1. The Morgan fingerprint density at radius 3 is 2.62 bits per heavy atom. The van der Waals surface area contributed by atoms with Crippen molar-refractivity contribution < 1.29 is 13.9 Å². The third kappa shape index (κ3) is 2.22. The predicted octanol–water partition coefficient (Wildman–Crippen LogP) is 1.61. The molecule has 0 spiro atoms. The zero-order valence-electron chi connectivity index (χ0n) is 9.50. The molecule has 88 valence electrons.